The zero-order valence-electron chi connectivity index (χ0n) is 17.1. The van der Waals surface area contributed by atoms with E-state index in [0.29, 0.717) is 49.2 Å². The Kier molecular flexibility index (Phi) is 5.87. The Morgan fingerprint density at radius 2 is 1.79 bits per heavy atom. The summed E-state index contributed by atoms with van der Waals surface area (Å²) in [5.74, 6) is 2.54. The number of benzene rings is 1. The number of para-hydroxylation sites is 1. The summed E-state index contributed by atoms with van der Waals surface area (Å²) in [7, 11) is 7.03. The van der Waals surface area contributed by atoms with Gasteiger partial charge in [-0.15, -0.1) is 0 Å². The van der Waals surface area contributed by atoms with Crippen molar-refractivity contribution in [3.05, 3.63) is 35.5 Å². The van der Waals surface area contributed by atoms with Crippen molar-refractivity contribution in [2.75, 3.05) is 64.3 Å². The van der Waals surface area contributed by atoms with E-state index < -0.39 is 0 Å². The van der Waals surface area contributed by atoms with E-state index in [9.17, 15) is 4.79 Å². The zero-order valence-corrected chi connectivity index (χ0v) is 17.1. The molecule has 1 aromatic heterocycles. The molecule has 0 saturated carbocycles. The first-order valence-electron chi connectivity index (χ1n) is 9.22. The Balaban J connectivity index is 1.73. The van der Waals surface area contributed by atoms with Gasteiger partial charge in [0.15, 0.2) is 11.5 Å². The van der Waals surface area contributed by atoms with Crippen LogP contribution in [0.25, 0.3) is 0 Å². The van der Waals surface area contributed by atoms with E-state index in [0.717, 1.165) is 11.5 Å². The molecule has 0 spiro atoms. The number of nitrogens with zero attached hydrogens (tertiary/aromatic N) is 5. The third-order valence-electron chi connectivity index (χ3n) is 4.77. The number of rotatable bonds is 5. The molecule has 8 nitrogen and oxygen atoms in total. The zero-order chi connectivity index (χ0) is 20.3. The summed E-state index contributed by atoms with van der Waals surface area (Å²) in [6.07, 6.45) is 0. The molecule has 1 aliphatic rings. The summed E-state index contributed by atoms with van der Waals surface area (Å²) in [6, 6.07) is 7.31. The van der Waals surface area contributed by atoms with Crippen LogP contribution in [0.1, 0.15) is 16.1 Å². The Labute approximate surface area is 165 Å². The van der Waals surface area contributed by atoms with E-state index >= 15 is 0 Å². The molecule has 2 aromatic rings. The number of hydrogen-bond acceptors (Lipinski definition) is 7. The Morgan fingerprint density at radius 1 is 1.07 bits per heavy atom. The smallest absolute Gasteiger partial charge is 0.257 e. The van der Waals surface area contributed by atoms with E-state index in [2.05, 4.69) is 14.9 Å². The molecule has 2 heterocycles. The quantitative estimate of drug-likeness (QED) is 0.778. The first kappa shape index (κ1) is 19.7. The Morgan fingerprint density at radius 3 is 2.39 bits per heavy atom. The summed E-state index contributed by atoms with van der Waals surface area (Å²) in [4.78, 5) is 28.1. The molecule has 1 fully saturated rings. The van der Waals surface area contributed by atoms with E-state index in [1.807, 2.05) is 36.9 Å². The van der Waals surface area contributed by atoms with Crippen molar-refractivity contribution in [3.8, 4) is 11.5 Å². The molecular formula is C20H27N5O3. The number of anilines is 2. The number of amides is 1. The van der Waals surface area contributed by atoms with Gasteiger partial charge in [-0.05, 0) is 19.1 Å². The standard InChI is InChI=1S/C20H27N5O3/c1-14-13-17(23(2)3)22-20(21-14)25-11-9-24(10-12-25)19(26)15-7-6-8-16(27-4)18(15)28-5/h6-8,13H,9-12H2,1-5H3. The van der Waals surface area contributed by atoms with Crippen molar-refractivity contribution in [3.63, 3.8) is 0 Å². The van der Waals surface area contributed by atoms with E-state index in [-0.39, 0.29) is 5.91 Å². The number of hydrogen-bond donors (Lipinski definition) is 0. The van der Waals surface area contributed by atoms with Gasteiger partial charge >= 0.3 is 0 Å². The molecule has 1 aliphatic heterocycles. The van der Waals surface area contributed by atoms with Gasteiger partial charge in [-0.1, -0.05) is 6.07 Å². The van der Waals surface area contributed by atoms with Gasteiger partial charge in [-0.25, -0.2) is 4.98 Å². The number of methoxy groups -OCH3 is 2. The van der Waals surface area contributed by atoms with Crippen molar-refractivity contribution < 1.29 is 14.3 Å². The topological polar surface area (TPSA) is 71.0 Å². The van der Waals surface area contributed by atoms with Crippen LogP contribution in [-0.2, 0) is 0 Å². The average Bonchev–Trinajstić information content (AvgIpc) is 2.72. The summed E-state index contributed by atoms with van der Waals surface area (Å²) < 4.78 is 10.7. The molecule has 0 atom stereocenters. The van der Waals surface area contributed by atoms with Crippen LogP contribution in [0.2, 0.25) is 0 Å². The molecule has 0 radical (unpaired) electrons. The number of ether oxygens (including phenoxy) is 2. The normalized spacial score (nSPS) is 14.0. The van der Waals surface area contributed by atoms with E-state index in [1.165, 1.54) is 0 Å². The summed E-state index contributed by atoms with van der Waals surface area (Å²) in [5.41, 5.74) is 1.44. The first-order valence-corrected chi connectivity index (χ1v) is 9.22. The maximum Gasteiger partial charge on any atom is 0.257 e. The number of piperazine rings is 1. The second kappa shape index (κ2) is 8.33. The molecular weight excluding hydrogens is 358 g/mol. The fourth-order valence-corrected chi connectivity index (χ4v) is 3.24. The maximum atomic E-state index is 13.0. The molecule has 0 aliphatic carbocycles. The number of aryl methyl sites for hydroxylation is 1. The fraction of sp³-hybridized carbons (Fsp3) is 0.450. The molecule has 8 heteroatoms. The highest BCUT2D eigenvalue weighted by molar-refractivity contribution is 5.98. The van der Waals surface area contributed by atoms with Gasteiger partial charge in [0.05, 0.1) is 19.8 Å². The van der Waals surface area contributed by atoms with Gasteiger partial charge in [0.1, 0.15) is 5.82 Å². The van der Waals surface area contributed by atoms with Crippen LogP contribution in [0.5, 0.6) is 11.5 Å². The second-order valence-corrected chi connectivity index (χ2v) is 6.88. The minimum absolute atomic E-state index is 0.0606. The predicted molar refractivity (Wildman–Crippen MR) is 109 cm³/mol. The minimum Gasteiger partial charge on any atom is -0.493 e. The molecule has 3 rings (SSSR count). The molecule has 0 bridgehead atoms. The molecule has 150 valence electrons. The summed E-state index contributed by atoms with van der Waals surface area (Å²) in [6.45, 7) is 4.50. The lowest BCUT2D eigenvalue weighted by Crippen LogP contribution is -2.49. The van der Waals surface area contributed by atoms with E-state index in [4.69, 9.17) is 9.47 Å². The molecule has 0 N–H and O–H groups in total. The number of aromatic nitrogens is 2. The third-order valence-corrected chi connectivity index (χ3v) is 4.77. The largest absolute Gasteiger partial charge is 0.493 e. The van der Waals surface area contributed by atoms with Crippen LogP contribution in [0.15, 0.2) is 24.3 Å². The lowest BCUT2D eigenvalue weighted by Gasteiger charge is -2.35. The highest BCUT2D eigenvalue weighted by Crippen LogP contribution is 2.31. The van der Waals surface area contributed by atoms with Crippen molar-refractivity contribution >= 4 is 17.7 Å². The molecule has 1 amide bonds. The Hall–Kier alpha value is -3.03. The van der Waals surface area contributed by atoms with Crippen LogP contribution in [0.4, 0.5) is 11.8 Å². The van der Waals surface area contributed by atoms with Crippen LogP contribution < -0.4 is 19.3 Å². The van der Waals surface area contributed by atoms with Gasteiger partial charge in [-0.2, -0.15) is 4.98 Å². The highest BCUT2D eigenvalue weighted by atomic mass is 16.5. The summed E-state index contributed by atoms with van der Waals surface area (Å²) in [5, 5.41) is 0. The summed E-state index contributed by atoms with van der Waals surface area (Å²) >= 11 is 0. The van der Waals surface area contributed by atoms with Crippen molar-refractivity contribution in [2.45, 2.75) is 6.92 Å². The lowest BCUT2D eigenvalue weighted by molar-refractivity contribution is 0.0742. The van der Waals surface area contributed by atoms with Crippen molar-refractivity contribution in [1.82, 2.24) is 14.9 Å². The molecule has 28 heavy (non-hydrogen) atoms. The molecule has 0 unspecified atom stereocenters. The molecule has 1 aromatic carbocycles. The van der Waals surface area contributed by atoms with E-state index in [1.54, 1.807) is 32.4 Å². The van der Waals surface area contributed by atoms with Gasteiger partial charge in [0.25, 0.3) is 5.91 Å². The van der Waals surface area contributed by atoms with Gasteiger partial charge < -0.3 is 24.2 Å². The van der Waals surface area contributed by atoms with Crippen LogP contribution >= 0.6 is 0 Å². The Bertz CT molecular complexity index is 848. The van der Waals surface area contributed by atoms with Gasteiger partial charge in [0.2, 0.25) is 5.95 Å². The number of carbonyl (C=O) groups is 1. The second-order valence-electron chi connectivity index (χ2n) is 6.88. The van der Waals surface area contributed by atoms with Gasteiger partial charge in [-0.3, -0.25) is 4.79 Å². The average molecular weight is 385 g/mol. The van der Waals surface area contributed by atoms with Crippen LogP contribution in [0.3, 0.4) is 0 Å². The fourth-order valence-electron chi connectivity index (χ4n) is 3.24. The molecule has 1 saturated heterocycles. The lowest BCUT2D eigenvalue weighted by atomic mass is 10.1. The minimum atomic E-state index is -0.0606. The highest BCUT2D eigenvalue weighted by Gasteiger charge is 2.26. The SMILES string of the molecule is COc1cccc(C(=O)N2CCN(c3nc(C)cc(N(C)C)n3)CC2)c1OC. The van der Waals surface area contributed by atoms with Crippen molar-refractivity contribution in [2.24, 2.45) is 0 Å². The third kappa shape index (κ3) is 3.95. The maximum absolute atomic E-state index is 13.0. The predicted octanol–water partition coefficient (Wildman–Crippen LogP) is 1.83. The van der Waals surface area contributed by atoms with Crippen LogP contribution in [0, 0.1) is 6.92 Å². The number of carbonyl (C=O) groups excluding carboxylic acids is 1. The first-order chi connectivity index (χ1) is 13.4. The monoisotopic (exact) mass is 385 g/mol. The van der Waals surface area contributed by atoms with Gasteiger partial charge in [0, 0.05) is 52.0 Å². The van der Waals surface area contributed by atoms with Crippen LogP contribution in [-0.4, -0.2) is 75.3 Å². The van der Waals surface area contributed by atoms with Crippen molar-refractivity contribution in [1.29, 1.82) is 0 Å².